The number of nitrogens with zero attached hydrogens (tertiary/aromatic N) is 4. The van der Waals surface area contributed by atoms with E-state index in [1.54, 1.807) is 23.0 Å². The Morgan fingerprint density at radius 3 is 2.18 bits per heavy atom. The van der Waals surface area contributed by atoms with Crippen LogP contribution in [0.2, 0.25) is 0 Å². The molecule has 2 atom stereocenters. The molecule has 3 heterocycles. The number of aromatic nitrogens is 3. The quantitative estimate of drug-likeness (QED) is 0.326. The number of pyridine rings is 1. The van der Waals surface area contributed by atoms with E-state index in [1.165, 1.54) is 0 Å². The van der Waals surface area contributed by atoms with Crippen LogP contribution < -0.4 is 10.5 Å². The van der Waals surface area contributed by atoms with E-state index in [4.69, 9.17) is 4.98 Å². The fourth-order valence-corrected chi connectivity index (χ4v) is 5.19. The first kappa shape index (κ1) is 23.8. The maximum atomic E-state index is 13.2. The highest BCUT2D eigenvalue weighted by Gasteiger charge is 2.31. The van der Waals surface area contributed by atoms with Gasteiger partial charge in [0.25, 0.3) is 5.56 Å². The van der Waals surface area contributed by atoms with Crippen molar-refractivity contribution in [2.24, 2.45) is 0 Å². The summed E-state index contributed by atoms with van der Waals surface area (Å²) in [7, 11) is 0. The molecule has 0 aliphatic carbocycles. The van der Waals surface area contributed by atoms with Crippen LogP contribution in [0.25, 0.3) is 22.4 Å². The third-order valence-corrected chi connectivity index (χ3v) is 7.18. The maximum Gasteiger partial charge on any atom is 0.255 e. The summed E-state index contributed by atoms with van der Waals surface area (Å²) < 4.78 is 1.72. The number of aliphatic hydroxyl groups excluding tert-OH is 1. The number of anilines is 1. The molecule has 0 spiro atoms. The number of fused-ring (bicyclic) bond motifs is 1. The van der Waals surface area contributed by atoms with Crippen LogP contribution >= 0.6 is 0 Å². The van der Waals surface area contributed by atoms with Gasteiger partial charge in [-0.3, -0.25) is 14.3 Å². The predicted molar refractivity (Wildman–Crippen MR) is 150 cm³/mol. The smallest absolute Gasteiger partial charge is 0.255 e. The lowest BCUT2D eigenvalue weighted by Crippen LogP contribution is -2.42. The number of hydrogen-bond acceptors (Lipinski definition) is 5. The van der Waals surface area contributed by atoms with Gasteiger partial charge in [-0.05, 0) is 40.8 Å². The van der Waals surface area contributed by atoms with Gasteiger partial charge in [-0.1, -0.05) is 84.9 Å². The molecular weight excluding hydrogens is 472 g/mol. The second-order valence-corrected chi connectivity index (χ2v) is 9.54. The number of rotatable bonds is 6. The van der Waals surface area contributed by atoms with Crippen LogP contribution in [0.5, 0.6) is 0 Å². The summed E-state index contributed by atoms with van der Waals surface area (Å²) in [6.07, 6.45) is 3.37. The van der Waals surface area contributed by atoms with Gasteiger partial charge in [-0.15, -0.1) is 0 Å². The molecule has 6 rings (SSSR count). The molecule has 0 saturated heterocycles. The molecule has 1 N–H and O–H groups in total. The second kappa shape index (κ2) is 10.4. The highest BCUT2D eigenvalue weighted by atomic mass is 16.3. The minimum Gasteiger partial charge on any atom is -0.387 e. The first-order valence-corrected chi connectivity index (χ1v) is 12.8. The summed E-state index contributed by atoms with van der Waals surface area (Å²) in [6, 6.07) is 33.7. The van der Waals surface area contributed by atoms with Gasteiger partial charge in [-0.2, -0.15) is 0 Å². The normalized spacial score (nSPS) is 15.6. The van der Waals surface area contributed by atoms with Crippen LogP contribution in [0.4, 0.5) is 5.95 Å². The van der Waals surface area contributed by atoms with Gasteiger partial charge in [0.1, 0.15) is 0 Å². The molecule has 0 fully saturated rings. The van der Waals surface area contributed by atoms with E-state index < -0.39 is 6.10 Å². The fraction of sp³-hybridized carbons (Fsp3) is 0.156. The van der Waals surface area contributed by atoms with Crippen molar-refractivity contribution in [3.05, 3.63) is 137 Å². The molecular formula is C32H28N4O2. The van der Waals surface area contributed by atoms with Crippen molar-refractivity contribution < 1.29 is 5.11 Å². The Bertz CT molecular complexity index is 1570. The Hall–Kier alpha value is -4.55. The number of β-amino-alcohol motifs (C(OH)–C–C–N with tert-alkyl or cyclic N) is 1. The molecule has 2 aromatic heterocycles. The minimum absolute atomic E-state index is 0.0194. The van der Waals surface area contributed by atoms with Crippen molar-refractivity contribution in [3.63, 3.8) is 0 Å². The van der Waals surface area contributed by atoms with Crippen LogP contribution in [0.15, 0.2) is 120 Å². The molecule has 38 heavy (non-hydrogen) atoms. The summed E-state index contributed by atoms with van der Waals surface area (Å²) in [6.45, 7) is 0.867. The van der Waals surface area contributed by atoms with E-state index in [9.17, 15) is 9.90 Å². The molecule has 2 unspecified atom stereocenters. The molecule has 6 nitrogen and oxygen atoms in total. The zero-order valence-electron chi connectivity index (χ0n) is 20.9. The van der Waals surface area contributed by atoms with E-state index in [0.29, 0.717) is 24.7 Å². The van der Waals surface area contributed by atoms with Crippen LogP contribution in [-0.4, -0.2) is 26.2 Å². The first-order chi connectivity index (χ1) is 18.7. The Balaban J connectivity index is 1.37. The average Bonchev–Trinajstić information content (AvgIpc) is 2.99. The second-order valence-electron chi connectivity index (χ2n) is 9.54. The molecule has 6 heteroatoms. The zero-order chi connectivity index (χ0) is 25.9. The molecule has 0 radical (unpaired) electrons. The maximum absolute atomic E-state index is 13.2. The number of aliphatic hydroxyl groups is 1. The topological polar surface area (TPSA) is 71.2 Å². The van der Waals surface area contributed by atoms with Crippen molar-refractivity contribution in [3.8, 4) is 22.4 Å². The summed E-state index contributed by atoms with van der Waals surface area (Å²) in [4.78, 5) is 24.3. The van der Waals surface area contributed by atoms with E-state index in [1.807, 2.05) is 72.8 Å². The standard InChI is InChI=1S/C32H28N4O2/c37-30(27-13-11-24(12-14-27)23-7-3-1-4-8-23)22-36-29(26-9-5-2-6-10-26)17-20-35-31(38)21-28(34-32(35)36)25-15-18-33-19-16-25/h1-16,18-19,21,29-30,37H,17,20,22H2. The molecule has 1 aliphatic heterocycles. The third kappa shape index (κ3) is 4.74. The van der Waals surface area contributed by atoms with Crippen LogP contribution in [0.1, 0.15) is 29.7 Å². The SMILES string of the molecule is O=c1cc(-c2ccncc2)nc2n1CCC(c1ccccc1)N2CC(O)c1ccc(-c2ccccc2)cc1. The first-order valence-electron chi connectivity index (χ1n) is 12.8. The fourth-order valence-electron chi connectivity index (χ4n) is 5.19. The summed E-state index contributed by atoms with van der Waals surface area (Å²) in [5, 5.41) is 11.4. The van der Waals surface area contributed by atoms with Crippen molar-refractivity contribution in [2.45, 2.75) is 25.1 Å². The van der Waals surface area contributed by atoms with Gasteiger partial charge in [0.05, 0.1) is 24.4 Å². The largest absolute Gasteiger partial charge is 0.387 e. The minimum atomic E-state index is -0.765. The Morgan fingerprint density at radius 1 is 0.816 bits per heavy atom. The molecule has 5 aromatic rings. The van der Waals surface area contributed by atoms with E-state index in [0.717, 1.165) is 34.2 Å². The summed E-state index contributed by atoms with van der Waals surface area (Å²) in [5.74, 6) is 0.573. The molecule has 188 valence electrons. The summed E-state index contributed by atoms with van der Waals surface area (Å²) in [5.41, 5.74) is 5.52. The lowest BCUT2D eigenvalue weighted by atomic mass is 9.98. The highest BCUT2D eigenvalue weighted by Crippen LogP contribution is 2.35. The molecule has 3 aromatic carbocycles. The molecule has 0 bridgehead atoms. The lowest BCUT2D eigenvalue weighted by Gasteiger charge is -2.39. The van der Waals surface area contributed by atoms with Crippen molar-refractivity contribution >= 4 is 5.95 Å². The van der Waals surface area contributed by atoms with Gasteiger partial charge in [0, 0.05) is 30.6 Å². The van der Waals surface area contributed by atoms with E-state index in [-0.39, 0.29) is 11.6 Å². The van der Waals surface area contributed by atoms with Gasteiger partial charge in [-0.25, -0.2) is 4.98 Å². The average molecular weight is 501 g/mol. The monoisotopic (exact) mass is 500 g/mol. The van der Waals surface area contributed by atoms with Crippen LogP contribution in [0, 0.1) is 0 Å². The third-order valence-electron chi connectivity index (χ3n) is 7.18. The number of benzene rings is 3. The van der Waals surface area contributed by atoms with Crippen LogP contribution in [-0.2, 0) is 6.54 Å². The van der Waals surface area contributed by atoms with Crippen molar-refractivity contribution in [2.75, 3.05) is 11.4 Å². The molecule has 1 aliphatic rings. The lowest BCUT2D eigenvalue weighted by molar-refractivity contribution is 0.176. The molecule has 0 amide bonds. The Labute approximate surface area is 221 Å². The van der Waals surface area contributed by atoms with Crippen molar-refractivity contribution in [1.29, 1.82) is 0 Å². The Kier molecular flexibility index (Phi) is 6.54. The number of hydrogen-bond donors (Lipinski definition) is 1. The van der Waals surface area contributed by atoms with Crippen LogP contribution in [0.3, 0.4) is 0 Å². The zero-order valence-corrected chi connectivity index (χ0v) is 20.9. The van der Waals surface area contributed by atoms with Crippen molar-refractivity contribution in [1.82, 2.24) is 14.5 Å². The summed E-state index contributed by atoms with van der Waals surface area (Å²) >= 11 is 0. The van der Waals surface area contributed by atoms with Gasteiger partial charge >= 0.3 is 0 Å². The Morgan fingerprint density at radius 2 is 1.47 bits per heavy atom. The van der Waals surface area contributed by atoms with Gasteiger partial charge < -0.3 is 10.0 Å². The molecule has 0 saturated carbocycles. The van der Waals surface area contributed by atoms with Gasteiger partial charge in [0.2, 0.25) is 5.95 Å². The highest BCUT2D eigenvalue weighted by molar-refractivity contribution is 5.63. The van der Waals surface area contributed by atoms with E-state index in [2.05, 4.69) is 34.1 Å². The predicted octanol–water partition coefficient (Wildman–Crippen LogP) is 5.66. The van der Waals surface area contributed by atoms with E-state index >= 15 is 0 Å². The van der Waals surface area contributed by atoms with Gasteiger partial charge in [0.15, 0.2) is 0 Å².